The van der Waals surface area contributed by atoms with Gasteiger partial charge >= 0.3 is 0 Å². The van der Waals surface area contributed by atoms with Crippen molar-refractivity contribution >= 4 is 19.7 Å². The van der Waals surface area contributed by atoms with Crippen LogP contribution in [0.1, 0.15) is 58.7 Å². The van der Waals surface area contributed by atoms with E-state index in [-0.39, 0.29) is 5.16 Å². The van der Waals surface area contributed by atoms with Crippen molar-refractivity contribution in [2.24, 2.45) is 5.92 Å². The predicted molar refractivity (Wildman–Crippen MR) is 78.3 cm³/mol. The van der Waals surface area contributed by atoms with E-state index < -0.39 is 14.6 Å². The van der Waals surface area contributed by atoms with Crippen LogP contribution in [-0.2, 0) is 21.0 Å². The Hall–Kier alpha value is -0.620. The van der Waals surface area contributed by atoms with E-state index in [1.54, 1.807) is 4.57 Å². The largest absolute Gasteiger partial charge is 0.296 e. The summed E-state index contributed by atoms with van der Waals surface area (Å²) >= 11 is 0. The van der Waals surface area contributed by atoms with E-state index in [1.165, 1.54) is 25.7 Å². The van der Waals surface area contributed by atoms with Gasteiger partial charge in [-0.3, -0.25) is 4.57 Å². The summed E-state index contributed by atoms with van der Waals surface area (Å²) in [5, 5.41) is 7.71. The number of hydrogen-bond acceptors (Lipinski definition) is 4. The molecule has 1 heterocycles. The van der Waals surface area contributed by atoms with Gasteiger partial charge in [0.15, 0.2) is 0 Å². The lowest BCUT2D eigenvalue weighted by Gasteiger charge is -2.24. The van der Waals surface area contributed by atoms with Crippen molar-refractivity contribution in [1.82, 2.24) is 14.8 Å². The highest BCUT2D eigenvalue weighted by Gasteiger charge is 2.29. The standard InChI is InChI=1S/C13H22ClN3O2S/c1-13(2,3)17-11(9-8-10-6-4-5-7-10)15-16-12(17)20(14,18)19/h10H,4-9H2,1-3H3. The van der Waals surface area contributed by atoms with Crippen LogP contribution in [-0.4, -0.2) is 23.2 Å². The van der Waals surface area contributed by atoms with Crippen molar-refractivity contribution in [2.75, 3.05) is 0 Å². The molecule has 0 N–H and O–H groups in total. The molecule has 1 aromatic rings. The van der Waals surface area contributed by atoms with Crippen LogP contribution in [0.2, 0.25) is 0 Å². The highest BCUT2D eigenvalue weighted by Crippen LogP contribution is 2.30. The smallest absolute Gasteiger partial charge is 0.295 e. The molecule has 0 spiro atoms. The average molecular weight is 320 g/mol. The molecule has 20 heavy (non-hydrogen) atoms. The van der Waals surface area contributed by atoms with Gasteiger partial charge in [-0.05, 0) is 33.1 Å². The lowest BCUT2D eigenvalue weighted by Crippen LogP contribution is -2.27. The number of halogens is 1. The molecule has 1 aliphatic rings. The lowest BCUT2D eigenvalue weighted by atomic mass is 10.0. The fraction of sp³-hybridized carbons (Fsp3) is 0.846. The Bertz CT molecular complexity index is 569. The first-order valence-corrected chi connectivity index (χ1v) is 9.40. The minimum Gasteiger partial charge on any atom is -0.295 e. The third-order valence-corrected chi connectivity index (χ3v) is 4.95. The first-order valence-electron chi connectivity index (χ1n) is 7.09. The van der Waals surface area contributed by atoms with E-state index in [4.69, 9.17) is 10.7 Å². The van der Waals surface area contributed by atoms with E-state index in [0.29, 0.717) is 5.82 Å². The predicted octanol–water partition coefficient (Wildman–Crippen LogP) is 3.08. The van der Waals surface area contributed by atoms with Crippen molar-refractivity contribution in [3.8, 4) is 0 Å². The second-order valence-electron chi connectivity index (χ2n) is 6.53. The van der Waals surface area contributed by atoms with Crippen LogP contribution >= 0.6 is 10.7 Å². The van der Waals surface area contributed by atoms with E-state index in [1.807, 2.05) is 20.8 Å². The molecule has 5 nitrogen and oxygen atoms in total. The maximum Gasteiger partial charge on any atom is 0.296 e. The van der Waals surface area contributed by atoms with Gasteiger partial charge in [0.1, 0.15) is 5.82 Å². The van der Waals surface area contributed by atoms with Gasteiger partial charge in [0.05, 0.1) is 0 Å². The Morgan fingerprint density at radius 3 is 2.35 bits per heavy atom. The lowest BCUT2D eigenvalue weighted by molar-refractivity contribution is 0.345. The van der Waals surface area contributed by atoms with Crippen LogP contribution in [0.15, 0.2) is 5.16 Å². The normalized spacial score (nSPS) is 17.8. The van der Waals surface area contributed by atoms with E-state index in [9.17, 15) is 8.42 Å². The molecular formula is C13H22ClN3O2S. The quantitative estimate of drug-likeness (QED) is 0.800. The molecule has 1 fully saturated rings. The van der Waals surface area contributed by atoms with Gasteiger partial charge < -0.3 is 0 Å². The second kappa shape index (κ2) is 5.64. The van der Waals surface area contributed by atoms with Gasteiger partial charge in [-0.1, -0.05) is 25.7 Å². The summed E-state index contributed by atoms with van der Waals surface area (Å²) in [5.74, 6) is 1.44. The Morgan fingerprint density at radius 2 is 1.85 bits per heavy atom. The molecule has 7 heteroatoms. The zero-order valence-corrected chi connectivity index (χ0v) is 13.8. The number of aryl methyl sites for hydroxylation is 1. The van der Waals surface area contributed by atoms with E-state index >= 15 is 0 Å². The van der Waals surface area contributed by atoms with E-state index in [0.717, 1.165) is 18.8 Å². The first kappa shape index (κ1) is 15.8. The van der Waals surface area contributed by atoms with Gasteiger partial charge in [-0.2, -0.15) is 0 Å². The summed E-state index contributed by atoms with van der Waals surface area (Å²) in [7, 11) is 1.59. The minimum absolute atomic E-state index is 0.145. The van der Waals surface area contributed by atoms with Crippen LogP contribution in [0.25, 0.3) is 0 Å². The van der Waals surface area contributed by atoms with Crippen LogP contribution < -0.4 is 0 Å². The monoisotopic (exact) mass is 319 g/mol. The maximum atomic E-state index is 11.6. The summed E-state index contributed by atoms with van der Waals surface area (Å²) in [4.78, 5) is 0. The highest BCUT2D eigenvalue weighted by molar-refractivity contribution is 8.13. The van der Waals surface area contributed by atoms with Crippen molar-refractivity contribution in [2.45, 2.75) is 70.0 Å². The van der Waals surface area contributed by atoms with Crippen LogP contribution in [0.3, 0.4) is 0 Å². The SMILES string of the molecule is CC(C)(C)n1c(CCC2CCCC2)nnc1S(=O)(=O)Cl. The summed E-state index contributed by atoms with van der Waals surface area (Å²) in [6, 6.07) is 0. The van der Waals surface area contributed by atoms with Crippen molar-refractivity contribution in [3.05, 3.63) is 5.82 Å². The fourth-order valence-electron chi connectivity index (χ4n) is 2.93. The molecule has 1 aliphatic carbocycles. The third-order valence-electron chi connectivity index (χ3n) is 3.84. The van der Waals surface area contributed by atoms with Gasteiger partial charge in [-0.25, -0.2) is 8.42 Å². The van der Waals surface area contributed by atoms with E-state index in [2.05, 4.69) is 10.2 Å². The molecule has 0 unspecified atom stereocenters. The zero-order valence-electron chi connectivity index (χ0n) is 12.3. The summed E-state index contributed by atoms with van der Waals surface area (Å²) in [6.45, 7) is 5.79. The van der Waals surface area contributed by atoms with Crippen LogP contribution in [0.4, 0.5) is 0 Å². The number of rotatable bonds is 4. The summed E-state index contributed by atoms with van der Waals surface area (Å²) < 4.78 is 24.9. The molecule has 0 aromatic carbocycles. The molecule has 1 aromatic heterocycles. The molecular weight excluding hydrogens is 298 g/mol. The maximum absolute atomic E-state index is 11.6. The molecule has 0 aliphatic heterocycles. The molecule has 0 amide bonds. The number of hydrogen-bond donors (Lipinski definition) is 0. The Balaban J connectivity index is 2.26. The first-order chi connectivity index (χ1) is 9.19. The Kier molecular flexibility index (Phi) is 4.44. The summed E-state index contributed by atoms with van der Waals surface area (Å²) in [5.41, 5.74) is -0.411. The molecule has 0 bridgehead atoms. The number of nitrogens with zero attached hydrogens (tertiary/aromatic N) is 3. The van der Waals surface area contributed by atoms with Gasteiger partial charge in [0.25, 0.3) is 14.2 Å². The topological polar surface area (TPSA) is 64.8 Å². The van der Waals surface area contributed by atoms with Crippen molar-refractivity contribution in [1.29, 1.82) is 0 Å². The fourth-order valence-corrected chi connectivity index (χ4v) is 3.96. The third kappa shape index (κ3) is 3.52. The Morgan fingerprint density at radius 1 is 1.25 bits per heavy atom. The molecule has 0 saturated heterocycles. The minimum atomic E-state index is -3.87. The van der Waals surface area contributed by atoms with Crippen molar-refractivity contribution in [3.63, 3.8) is 0 Å². The van der Waals surface area contributed by atoms with Gasteiger partial charge in [0.2, 0.25) is 0 Å². The highest BCUT2D eigenvalue weighted by atomic mass is 35.7. The van der Waals surface area contributed by atoms with Crippen LogP contribution in [0.5, 0.6) is 0 Å². The average Bonchev–Trinajstić information content (AvgIpc) is 2.93. The molecule has 1 saturated carbocycles. The van der Waals surface area contributed by atoms with Crippen LogP contribution in [0, 0.1) is 5.92 Å². The molecule has 0 atom stereocenters. The van der Waals surface area contributed by atoms with Gasteiger partial charge in [0, 0.05) is 22.6 Å². The summed E-state index contributed by atoms with van der Waals surface area (Å²) in [6.07, 6.45) is 6.93. The number of aromatic nitrogens is 3. The Labute approximate surface area is 125 Å². The zero-order chi connectivity index (χ0) is 15.0. The van der Waals surface area contributed by atoms with Gasteiger partial charge in [-0.15, -0.1) is 10.2 Å². The second-order valence-corrected chi connectivity index (χ2v) is 8.99. The molecule has 2 rings (SSSR count). The molecule has 0 radical (unpaired) electrons. The van der Waals surface area contributed by atoms with Crippen molar-refractivity contribution < 1.29 is 8.42 Å². The molecule has 114 valence electrons.